The van der Waals surface area contributed by atoms with Crippen LogP contribution in [0.1, 0.15) is 16.8 Å². The van der Waals surface area contributed by atoms with E-state index in [9.17, 15) is 14.0 Å². The predicted octanol–water partition coefficient (Wildman–Crippen LogP) is 1.37. The van der Waals surface area contributed by atoms with Crippen molar-refractivity contribution < 1.29 is 19.1 Å². The van der Waals surface area contributed by atoms with Gasteiger partial charge in [0.15, 0.2) is 0 Å². The molecule has 1 aliphatic carbocycles. The first-order valence-corrected chi connectivity index (χ1v) is 5.75. The molecule has 19 heavy (non-hydrogen) atoms. The number of anilines is 1. The predicted molar refractivity (Wildman–Crippen MR) is 67.2 cm³/mol. The molecular formula is C13H13FN2O3. The lowest BCUT2D eigenvalue weighted by Gasteiger charge is -2.11. The average Bonchev–Trinajstić information content (AvgIpc) is 2.78. The molecule has 0 aliphatic heterocycles. The van der Waals surface area contributed by atoms with Crippen molar-refractivity contribution in [1.29, 1.82) is 0 Å². The van der Waals surface area contributed by atoms with E-state index in [4.69, 9.17) is 10.8 Å². The van der Waals surface area contributed by atoms with Crippen LogP contribution in [0, 0.1) is 11.7 Å². The number of carbonyl (C=O) groups is 2. The number of aromatic carboxylic acids is 1. The van der Waals surface area contributed by atoms with E-state index >= 15 is 0 Å². The van der Waals surface area contributed by atoms with Gasteiger partial charge in [-0.1, -0.05) is 12.2 Å². The van der Waals surface area contributed by atoms with Gasteiger partial charge in [-0.05, 0) is 24.6 Å². The summed E-state index contributed by atoms with van der Waals surface area (Å²) in [6, 6.07) is 3.18. The smallest absolute Gasteiger partial charge is 0.335 e. The molecule has 4 N–H and O–H groups in total. The van der Waals surface area contributed by atoms with Crippen LogP contribution in [-0.2, 0) is 4.79 Å². The van der Waals surface area contributed by atoms with Crippen molar-refractivity contribution in [3.8, 4) is 0 Å². The molecule has 1 aromatic rings. The summed E-state index contributed by atoms with van der Waals surface area (Å²) >= 11 is 0. The van der Waals surface area contributed by atoms with Gasteiger partial charge in [0.25, 0.3) is 0 Å². The Morgan fingerprint density at radius 1 is 1.37 bits per heavy atom. The molecule has 0 fully saturated rings. The van der Waals surface area contributed by atoms with Crippen molar-refractivity contribution in [1.82, 2.24) is 0 Å². The standard InChI is InChI=1S/C13H13FN2O3/c14-10-6-8(13(18)19)2-4-11(10)16-12(17)7-1-3-9(15)5-7/h1-4,6-7,9H,5,15H2,(H,16,17)(H,18,19). The second-order valence-corrected chi connectivity index (χ2v) is 4.38. The molecule has 100 valence electrons. The van der Waals surface area contributed by atoms with E-state index in [0.29, 0.717) is 6.42 Å². The largest absolute Gasteiger partial charge is 0.478 e. The number of carboxylic acid groups (broad SMARTS) is 1. The lowest BCUT2D eigenvalue weighted by atomic mass is 10.1. The number of halogens is 1. The third-order valence-electron chi connectivity index (χ3n) is 2.93. The van der Waals surface area contributed by atoms with Gasteiger partial charge in [-0.3, -0.25) is 4.79 Å². The highest BCUT2D eigenvalue weighted by Crippen LogP contribution is 2.21. The maximum atomic E-state index is 13.6. The summed E-state index contributed by atoms with van der Waals surface area (Å²) in [5.41, 5.74) is 5.43. The maximum absolute atomic E-state index is 13.6. The van der Waals surface area contributed by atoms with Crippen molar-refractivity contribution in [3.05, 3.63) is 41.7 Å². The van der Waals surface area contributed by atoms with E-state index in [0.717, 1.165) is 6.07 Å². The Labute approximate surface area is 108 Å². The van der Waals surface area contributed by atoms with E-state index < -0.39 is 11.8 Å². The fraction of sp³-hybridized carbons (Fsp3) is 0.231. The third kappa shape index (κ3) is 2.97. The number of carbonyl (C=O) groups excluding carboxylic acids is 1. The molecule has 5 nitrogen and oxygen atoms in total. The van der Waals surface area contributed by atoms with Crippen LogP contribution < -0.4 is 11.1 Å². The fourth-order valence-corrected chi connectivity index (χ4v) is 1.90. The van der Waals surface area contributed by atoms with Crippen molar-refractivity contribution in [2.24, 2.45) is 11.7 Å². The summed E-state index contributed by atoms with van der Waals surface area (Å²) in [6.07, 6.45) is 3.90. The first-order valence-electron chi connectivity index (χ1n) is 5.75. The van der Waals surface area contributed by atoms with Gasteiger partial charge >= 0.3 is 5.97 Å². The molecule has 2 atom stereocenters. The van der Waals surface area contributed by atoms with Gasteiger partial charge in [-0.2, -0.15) is 0 Å². The van der Waals surface area contributed by atoms with E-state index in [1.807, 2.05) is 0 Å². The van der Waals surface area contributed by atoms with E-state index in [1.165, 1.54) is 12.1 Å². The van der Waals surface area contributed by atoms with Crippen LogP contribution in [0.4, 0.5) is 10.1 Å². The van der Waals surface area contributed by atoms with Crippen molar-refractivity contribution in [2.45, 2.75) is 12.5 Å². The number of hydrogen-bond acceptors (Lipinski definition) is 3. The molecule has 0 spiro atoms. The molecule has 6 heteroatoms. The summed E-state index contributed by atoms with van der Waals surface area (Å²) in [7, 11) is 0. The zero-order valence-electron chi connectivity index (χ0n) is 9.97. The summed E-state index contributed by atoms with van der Waals surface area (Å²) in [4.78, 5) is 22.5. The maximum Gasteiger partial charge on any atom is 0.335 e. The number of amides is 1. The molecule has 0 aromatic heterocycles. The monoisotopic (exact) mass is 264 g/mol. The zero-order valence-corrected chi connectivity index (χ0v) is 9.97. The van der Waals surface area contributed by atoms with Crippen LogP contribution >= 0.6 is 0 Å². The van der Waals surface area contributed by atoms with Crippen molar-refractivity contribution in [2.75, 3.05) is 5.32 Å². The van der Waals surface area contributed by atoms with Gasteiger partial charge in [0.05, 0.1) is 17.2 Å². The van der Waals surface area contributed by atoms with Crippen molar-refractivity contribution in [3.63, 3.8) is 0 Å². The summed E-state index contributed by atoms with van der Waals surface area (Å²) in [5, 5.41) is 11.1. The van der Waals surface area contributed by atoms with Crippen LogP contribution in [0.15, 0.2) is 30.4 Å². The first-order chi connectivity index (χ1) is 8.97. The molecule has 1 amide bonds. The van der Waals surface area contributed by atoms with Gasteiger partial charge < -0.3 is 16.2 Å². The normalized spacial score (nSPS) is 21.4. The summed E-state index contributed by atoms with van der Waals surface area (Å²) < 4.78 is 13.6. The van der Waals surface area contributed by atoms with Crippen LogP contribution in [0.25, 0.3) is 0 Å². The molecule has 0 bridgehead atoms. The quantitative estimate of drug-likeness (QED) is 0.719. The lowest BCUT2D eigenvalue weighted by Crippen LogP contribution is -2.24. The van der Waals surface area contributed by atoms with E-state index in [2.05, 4.69) is 5.32 Å². The van der Waals surface area contributed by atoms with Crippen molar-refractivity contribution >= 4 is 17.6 Å². The molecule has 0 radical (unpaired) electrons. The number of hydrogen-bond donors (Lipinski definition) is 3. The first kappa shape index (κ1) is 13.2. The Morgan fingerprint density at radius 2 is 2.11 bits per heavy atom. The van der Waals surface area contributed by atoms with Gasteiger partial charge in [0.2, 0.25) is 5.91 Å². The Bertz CT molecular complexity index is 557. The van der Waals surface area contributed by atoms with E-state index in [-0.39, 0.29) is 29.1 Å². The number of rotatable bonds is 3. The molecular weight excluding hydrogens is 251 g/mol. The molecule has 2 rings (SSSR count). The topological polar surface area (TPSA) is 92.4 Å². The fourth-order valence-electron chi connectivity index (χ4n) is 1.90. The molecule has 1 aliphatic rings. The lowest BCUT2D eigenvalue weighted by molar-refractivity contribution is -0.118. The third-order valence-corrected chi connectivity index (χ3v) is 2.93. The minimum Gasteiger partial charge on any atom is -0.478 e. The molecule has 0 heterocycles. The van der Waals surface area contributed by atoms with Gasteiger partial charge in [0, 0.05) is 6.04 Å². The van der Waals surface area contributed by atoms with Crippen LogP contribution in [-0.4, -0.2) is 23.0 Å². The second kappa shape index (κ2) is 5.19. The second-order valence-electron chi connectivity index (χ2n) is 4.38. The van der Waals surface area contributed by atoms with Crippen LogP contribution in [0.5, 0.6) is 0 Å². The highest BCUT2D eigenvalue weighted by Gasteiger charge is 2.23. The van der Waals surface area contributed by atoms with Gasteiger partial charge in [-0.15, -0.1) is 0 Å². The van der Waals surface area contributed by atoms with Crippen LogP contribution in [0.2, 0.25) is 0 Å². The zero-order chi connectivity index (χ0) is 14.0. The molecule has 0 saturated heterocycles. The minimum absolute atomic E-state index is 0.0381. The average molecular weight is 264 g/mol. The van der Waals surface area contributed by atoms with Gasteiger partial charge in [-0.25, -0.2) is 9.18 Å². The highest BCUT2D eigenvalue weighted by molar-refractivity contribution is 5.95. The summed E-state index contributed by atoms with van der Waals surface area (Å²) in [5.74, 6) is -2.74. The Balaban J connectivity index is 2.09. The molecule has 1 aromatic carbocycles. The Kier molecular flexibility index (Phi) is 3.62. The van der Waals surface area contributed by atoms with Gasteiger partial charge in [0.1, 0.15) is 5.82 Å². The SMILES string of the molecule is NC1C=CC(C(=O)Nc2ccc(C(=O)O)cc2F)C1. The number of nitrogens with one attached hydrogen (secondary N) is 1. The number of nitrogens with two attached hydrogens (primary N) is 1. The molecule has 0 saturated carbocycles. The number of benzene rings is 1. The van der Waals surface area contributed by atoms with E-state index in [1.54, 1.807) is 12.2 Å². The minimum atomic E-state index is -1.22. The Hall–Kier alpha value is -2.21. The summed E-state index contributed by atoms with van der Waals surface area (Å²) in [6.45, 7) is 0. The molecule has 2 unspecified atom stereocenters. The van der Waals surface area contributed by atoms with Crippen LogP contribution in [0.3, 0.4) is 0 Å². The number of carboxylic acids is 1. The highest BCUT2D eigenvalue weighted by atomic mass is 19.1. The Morgan fingerprint density at radius 3 is 2.63 bits per heavy atom.